The van der Waals surface area contributed by atoms with Crippen molar-refractivity contribution in [2.24, 2.45) is 0 Å². The van der Waals surface area contributed by atoms with Crippen LogP contribution in [-0.4, -0.2) is 85.3 Å². The maximum absolute atomic E-state index is 11.0. The number of aryl methyl sites for hydroxylation is 1. The van der Waals surface area contributed by atoms with E-state index >= 15 is 0 Å². The summed E-state index contributed by atoms with van der Waals surface area (Å²) in [5.74, 6) is -0.761. The molecule has 0 N–H and O–H groups in total. The molecule has 0 aliphatic carbocycles. The first-order valence-electron chi connectivity index (χ1n) is 9.12. The predicted octanol–water partition coefficient (Wildman–Crippen LogP) is 0.326. The Labute approximate surface area is 208 Å². The molecule has 0 unspecified atom stereocenters. The average Bonchev–Trinajstić information content (AvgIpc) is 3.38. The molecule has 0 spiro atoms. The predicted molar refractivity (Wildman–Crippen MR) is 122 cm³/mol. The number of hydrogen-bond acceptors (Lipinski definition) is 9. The molecule has 1 aliphatic rings. The Morgan fingerprint density at radius 1 is 1.03 bits per heavy atom. The monoisotopic (exact) mass is 733 g/mol. The van der Waals surface area contributed by atoms with E-state index in [0.717, 1.165) is 11.2 Å². The molecule has 14 heteroatoms. The van der Waals surface area contributed by atoms with Crippen molar-refractivity contribution < 1.29 is 30.5 Å². The van der Waals surface area contributed by atoms with Crippen LogP contribution in [0.3, 0.4) is 0 Å². The summed E-state index contributed by atoms with van der Waals surface area (Å²) in [5.41, 5.74) is 2.22. The summed E-state index contributed by atoms with van der Waals surface area (Å²) in [6.07, 6.45) is 2.74. The normalized spacial score (nSPS) is 15.9. The van der Waals surface area contributed by atoms with E-state index in [1.165, 1.54) is 13.1 Å². The van der Waals surface area contributed by atoms with Gasteiger partial charge in [-0.15, -0.1) is 0 Å². The van der Waals surface area contributed by atoms with E-state index in [2.05, 4.69) is 15.5 Å². The Morgan fingerprint density at radius 3 is 2.48 bits per heavy atom. The summed E-state index contributed by atoms with van der Waals surface area (Å²) in [4.78, 5) is 2.14. The second-order valence-electron chi connectivity index (χ2n) is 6.75. The van der Waals surface area contributed by atoms with Gasteiger partial charge in [0.2, 0.25) is 0 Å². The van der Waals surface area contributed by atoms with Gasteiger partial charge in [-0.05, 0) is 0 Å². The summed E-state index contributed by atoms with van der Waals surface area (Å²) in [7, 11) is -8.49. The number of rotatable bonds is 9. The van der Waals surface area contributed by atoms with Gasteiger partial charge in [-0.3, -0.25) is 0 Å². The number of aromatic nitrogens is 1. The number of nitrogens with zero attached hydrogens (tertiary/aromatic N) is 2. The van der Waals surface area contributed by atoms with Crippen molar-refractivity contribution in [3.8, 4) is 0 Å². The molecule has 0 saturated carbocycles. The Morgan fingerprint density at radius 2 is 1.74 bits per heavy atom. The fraction of sp³-hybridized carbons (Fsp3) is 0.353. The molecule has 3 aromatic rings. The molecule has 0 bridgehead atoms. The Balaban J connectivity index is 1.62. The van der Waals surface area contributed by atoms with Crippen molar-refractivity contribution in [2.75, 3.05) is 23.0 Å². The first-order valence-corrected chi connectivity index (χ1v) is 18.7. The zero-order chi connectivity index (χ0) is 22.2. The van der Waals surface area contributed by atoms with Crippen LogP contribution in [0.25, 0.3) is 14.3 Å². The first kappa shape index (κ1) is 24.1. The van der Waals surface area contributed by atoms with Crippen molar-refractivity contribution in [3.63, 3.8) is 0 Å². The molecule has 3 aromatic heterocycles. The van der Waals surface area contributed by atoms with Crippen LogP contribution in [0.15, 0.2) is 26.6 Å². The SMILES string of the molecule is O=S(=O)([O-])CCCN1C(=Cc2[te]c3sccc3[n+]2CCCS(=O)(=O)[O-])[Te]c2sccc21. The maximum atomic E-state index is 11.0. The zero-order valence-electron chi connectivity index (χ0n) is 15.9. The van der Waals surface area contributed by atoms with Gasteiger partial charge in [0.15, 0.2) is 0 Å². The molecule has 31 heavy (non-hydrogen) atoms. The molecule has 0 atom stereocenters. The Kier molecular flexibility index (Phi) is 7.56. The van der Waals surface area contributed by atoms with Gasteiger partial charge in [0.25, 0.3) is 0 Å². The van der Waals surface area contributed by atoms with Crippen molar-refractivity contribution in [1.82, 2.24) is 0 Å². The second-order valence-corrected chi connectivity index (χ2v) is 19.1. The topological polar surface area (TPSA) is 122 Å². The molecule has 1 aliphatic heterocycles. The Bertz CT molecular complexity index is 1340. The van der Waals surface area contributed by atoms with E-state index in [4.69, 9.17) is 0 Å². The molecule has 0 fully saturated rings. The van der Waals surface area contributed by atoms with Crippen molar-refractivity contribution >= 4 is 107 Å². The zero-order valence-corrected chi connectivity index (χ0v) is 23.8. The van der Waals surface area contributed by atoms with Crippen LogP contribution in [0.5, 0.6) is 0 Å². The van der Waals surface area contributed by atoms with E-state index in [-0.39, 0.29) is 24.3 Å². The van der Waals surface area contributed by atoms with Gasteiger partial charge in [-0.25, -0.2) is 0 Å². The molecule has 4 rings (SSSR count). The fourth-order valence-corrected chi connectivity index (χ4v) is 14.6. The summed E-state index contributed by atoms with van der Waals surface area (Å²) >= 11 is 2.16. The van der Waals surface area contributed by atoms with Gasteiger partial charge in [0, 0.05) is 0 Å². The number of anilines is 1. The fourth-order valence-electron chi connectivity index (χ4n) is 3.25. The third-order valence-corrected chi connectivity index (χ3v) is 15.6. The molecule has 8 nitrogen and oxygen atoms in total. The quantitative estimate of drug-likeness (QED) is 0.177. The molecular weight excluding hydrogens is 712 g/mol. The standard InChI is InChI=1S/C17H18N2O6S4Te2/c20-28(21,22)9-1-5-18-12-3-7-26-16(12)30-14(18)11-15-19(6-2-10-29(23,24)25)13-4-8-27-17(13)31-15/h3-4,7-8,11H,1-2,5-6,9-10H2,(H-,20,21,22,23,24,25)/p-1. The van der Waals surface area contributed by atoms with Crippen molar-refractivity contribution in [3.05, 3.63) is 30.3 Å². The van der Waals surface area contributed by atoms with E-state index in [0.29, 0.717) is 13.1 Å². The molecule has 0 saturated heterocycles. The number of hydrogen-bond donors (Lipinski definition) is 0. The van der Waals surface area contributed by atoms with Gasteiger partial charge in [-0.2, -0.15) is 0 Å². The van der Waals surface area contributed by atoms with Crippen LogP contribution in [0.2, 0.25) is 0 Å². The summed E-state index contributed by atoms with van der Waals surface area (Å²) in [6.45, 7) is 0.956. The molecular formula is C17H17N2O6S4Te2-. The summed E-state index contributed by atoms with van der Waals surface area (Å²) in [5, 5.41) is 4.07. The van der Waals surface area contributed by atoms with Crippen LogP contribution in [-0.2, 0) is 26.8 Å². The summed E-state index contributed by atoms with van der Waals surface area (Å²) in [6, 6.07) is 4.09. The third kappa shape index (κ3) is 6.12. The van der Waals surface area contributed by atoms with Gasteiger partial charge in [-0.1, -0.05) is 0 Å². The molecule has 0 aromatic carbocycles. The van der Waals surface area contributed by atoms with E-state index in [9.17, 15) is 25.9 Å². The van der Waals surface area contributed by atoms with Crippen LogP contribution >= 0.6 is 22.7 Å². The number of fused-ring (bicyclic) bond motifs is 2. The minimum atomic E-state index is -4.24. The van der Waals surface area contributed by atoms with Crippen LogP contribution in [0.4, 0.5) is 5.69 Å². The molecule has 0 amide bonds. The van der Waals surface area contributed by atoms with E-state index in [1.807, 2.05) is 22.9 Å². The van der Waals surface area contributed by atoms with Crippen molar-refractivity contribution in [1.29, 1.82) is 0 Å². The van der Waals surface area contributed by atoms with E-state index < -0.39 is 61.6 Å². The second kappa shape index (κ2) is 9.71. The Hall–Kier alpha value is 0.00922. The van der Waals surface area contributed by atoms with Gasteiger partial charge < -0.3 is 0 Å². The van der Waals surface area contributed by atoms with Gasteiger partial charge >= 0.3 is 210 Å². The molecule has 0 radical (unpaired) electrons. The van der Waals surface area contributed by atoms with Crippen molar-refractivity contribution in [2.45, 2.75) is 19.4 Å². The molecule has 4 heterocycles. The summed E-state index contributed by atoms with van der Waals surface area (Å²) < 4.78 is 73.3. The first-order chi connectivity index (χ1) is 14.6. The van der Waals surface area contributed by atoms with Gasteiger partial charge in [0.05, 0.1) is 0 Å². The minimum absolute atomic E-state index is 0.274. The van der Waals surface area contributed by atoms with Gasteiger partial charge in [0.1, 0.15) is 0 Å². The van der Waals surface area contributed by atoms with Crippen LogP contribution in [0.1, 0.15) is 16.6 Å². The average molecular weight is 729 g/mol. The van der Waals surface area contributed by atoms with Crippen LogP contribution < -0.4 is 12.4 Å². The molecule has 168 valence electrons. The number of thiophene rings is 2. The van der Waals surface area contributed by atoms with E-state index in [1.54, 1.807) is 22.7 Å². The third-order valence-electron chi connectivity index (χ3n) is 4.53. The van der Waals surface area contributed by atoms with Crippen LogP contribution in [0, 0.1) is 0 Å².